The highest BCUT2D eigenvalue weighted by atomic mass is 16.5. The van der Waals surface area contributed by atoms with Crippen LogP contribution in [0.5, 0.6) is 11.6 Å². The van der Waals surface area contributed by atoms with Gasteiger partial charge in [-0.3, -0.25) is 4.79 Å². The third-order valence-electron chi connectivity index (χ3n) is 4.44. The molecule has 0 spiro atoms. The van der Waals surface area contributed by atoms with Crippen LogP contribution in [-0.2, 0) is 13.0 Å². The second kappa shape index (κ2) is 6.95. The van der Waals surface area contributed by atoms with Gasteiger partial charge in [-0.15, -0.1) is 10.2 Å². The van der Waals surface area contributed by atoms with Gasteiger partial charge in [-0.2, -0.15) is 0 Å². The number of nitrogens with zero attached hydrogens (tertiary/aromatic N) is 4. The van der Waals surface area contributed by atoms with Crippen molar-refractivity contribution in [1.82, 2.24) is 25.1 Å². The van der Waals surface area contributed by atoms with Crippen LogP contribution < -0.4 is 10.1 Å². The normalized spacial score (nSPS) is 16.0. The molecule has 0 radical (unpaired) electrons. The lowest BCUT2D eigenvalue weighted by Crippen LogP contribution is -2.41. The molecule has 0 bridgehead atoms. The lowest BCUT2D eigenvalue weighted by Gasteiger charge is -2.25. The van der Waals surface area contributed by atoms with Crippen LogP contribution in [0, 0.1) is 6.92 Å². The van der Waals surface area contributed by atoms with Crippen molar-refractivity contribution in [3.63, 3.8) is 0 Å². The van der Waals surface area contributed by atoms with Crippen LogP contribution in [0.25, 0.3) is 0 Å². The number of hydrogen-bond donors (Lipinski definition) is 1. The van der Waals surface area contributed by atoms with E-state index in [0.717, 1.165) is 24.5 Å². The van der Waals surface area contributed by atoms with Gasteiger partial charge in [0.1, 0.15) is 23.0 Å². The molecule has 1 atom stereocenters. The minimum absolute atomic E-state index is 0.0227. The first-order valence-corrected chi connectivity index (χ1v) is 8.58. The third kappa shape index (κ3) is 3.28. The number of benzene rings is 1. The summed E-state index contributed by atoms with van der Waals surface area (Å²) < 4.78 is 7.84. The van der Waals surface area contributed by atoms with Crippen LogP contribution in [0.4, 0.5) is 0 Å². The van der Waals surface area contributed by atoms with E-state index >= 15 is 0 Å². The fraction of sp³-hybridized carbons (Fsp3) is 0.263. The molecule has 0 aliphatic carbocycles. The van der Waals surface area contributed by atoms with E-state index in [0.29, 0.717) is 23.7 Å². The maximum absolute atomic E-state index is 12.8. The molecule has 132 valence electrons. The number of nitrogens with one attached hydrogen (secondary N) is 1. The molecule has 1 aliphatic rings. The number of hydrogen-bond acceptors (Lipinski definition) is 5. The standard InChI is InChI=1S/C19H19N5O2/c1-13-22-23-17-10-9-14(12-24(13)17)21-18(25)16-8-5-11-20-19(16)26-15-6-3-2-4-7-15/h2-8,11,14H,9-10,12H2,1H3,(H,21,25)/t14-/m1/s1. The van der Waals surface area contributed by atoms with Crippen molar-refractivity contribution in [3.8, 4) is 11.6 Å². The molecule has 0 saturated heterocycles. The molecular formula is C19H19N5O2. The van der Waals surface area contributed by atoms with E-state index in [-0.39, 0.29) is 11.9 Å². The summed E-state index contributed by atoms with van der Waals surface area (Å²) in [6.45, 7) is 2.60. The van der Waals surface area contributed by atoms with Crippen molar-refractivity contribution in [2.24, 2.45) is 0 Å². The quantitative estimate of drug-likeness (QED) is 0.783. The summed E-state index contributed by atoms with van der Waals surface area (Å²) in [4.78, 5) is 17.0. The molecule has 0 fully saturated rings. The summed E-state index contributed by atoms with van der Waals surface area (Å²) in [5.74, 6) is 2.59. The highest BCUT2D eigenvalue weighted by Crippen LogP contribution is 2.23. The van der Waals surface area contributed by atoms with Crippen molar-refractivity contribution in [2.75, 3.05) is 0 Å². The zero-order valence-electron chi connectivity index (χ0n) is 14.4. The molecule has 1 aromatic carbocycles. The fourth-order valence-corrected chi connectivity index (χ4v) is 3.09. The maximum Gasteiger partial charge on any atom is 0.257 e. The fourth-order valence-electron chi connectivity index (χ4n) is 3.09. The van der Waals surface area contributed by atoms with E-state index in [1.807, 2.05) is 37.3 Å². The number of amides is 1. The minimum atomic E-state index is -0.191. The molecule has 4 rings (SSSR count). The molecule has 3 aromatic rings. The van der Waals surface area contributed by atoms with Crippen molar-refractivity contribution >= 4 is 5.91 Å². The van der Waals surface area contributed by atoms with Gasteiger partial charge in [-0.1, -0.05) is 18.2 Å². The van der Waals surface area contributed by atoms with E-state index in [2.05, 4.69) is 25.1 Å². The Balaban J connectivity index is 1.50. The molecule has 1 aliphatic heterocycles. The number of carbonyl (C=O) groups excluding carboxylic acids is 1. The highest BCUT2D eigenvalue weighted by Gasteiger charge is 2.24. The summed E-state index contributed by atoms with van der Waals surface area (Å²) in [6.07, 6.45) is 3.24. The Labute approximate surface area is 151 Å². The van der Waals surface area contributed by atoms with Crippen LogP contribution in [0.3, 0.4) is 0 Å². The Morgan fingerprint density at radius 2 is 2.04 bits per heavy atom. The molecule has 1 amide bonds. The van der Waals surface area contributed by atoms with Crippen LogP contribution in [0.2, 0.25) is 0 Å². The van der Waals surface area contributed by atoms with Gasteiger partial charge >= 0.3 is 0 Å². The number of pyridine rings is 1. The summed E-state index contributed by atoms with van der Waals surface area (Å²) in [5, 5.41) is 11.3. The average molecular weight is 349 g/mol. The topological polar surface area (TPSA) is 81.9 Å². The lowest BCUT2D eigenvalue weighted by molar-refractivity contribution is 0.0924. The highest BCUT2D eigenvalue weighted by molar-refractivity contribution is 5.96. The second-order valence-corrected chi connectivity index (χ2v) is 6.25. The number of aromatic nitrogens is 4. The van der Waals surface area contributed by atoms with Gasteiger partial charge in [0.05, 0.1) is 0 Å². The molecule has 7 heteroatoms. The van der Waals surface area contributed by atoms with Crippen LogP contribution in [-0.4, -0.2) is 31.7 Å². The summed E-state index contributed by atoms with van der Waals surface area (Å²) >= 11 is 0. The number of aryl methyl sites for hydroxylation is 2. The zero-order chi connectivity index (χ0) is 17.9. The lowest BCUT2D eigenvalue weighted by atomic mass is 10.1. The van der Waals surface area contributed by atoms with E-state index in [4.69, 9.17) is 4.74 Å². The van der Waals surface area contributed by atoms with Crippen LogP contribution >= 0.6 is 0 Å². The predicted octanol–water partition coefficient (Wildman–Crippen LogP) is 2.52. The van der Waals surface area contributed by atoms with Crippen LogP contribution in [0.15, 0.2) is 48.7 Å². The van der Waals surface area contributed by atoms with Gasteiger partial charge in [0, 0.05) is 25.2 Å². The molecule has 26 heavy (non-hydrogen) atoms. The Morgan fingerprint density at radius 3 is 2.88 bits per heavy atom. The van der Waals surface area contributed by atoms with Crippen molar-refractivity contribution in [1.29, 1.82) is 0 Å². The van der Waals surface area contributed by atoms with Gasteiger partial charge in [0.25, 0.3) is 5.91 Å². The van der Waals surface area contributed by atoms with Gasteiger partial charge in [0.15, 0.2) is 0 Å². The Hall–Kier alpha value is -3.22. The number of ether oxygens (including phenoxy) is 1. The summed E-state index contributed by atoms with van der Waals surface area (Å²) in [7, 11) is 0. The monoisotopic (exact) mass is 349 g/mol. The van der Waals surface area contributed by atoms with Gasteiger partial charge < -0.3 is 14.6 Å². The molecule has 1 N–H and O–H groups in total. The van der Waals surface area contributed by atoms with Crippen LogP contribution in [0.1, 0.15) is 28.4 Å². The zero-order valence-corrected chi connectivity index (χ0v) is 14.4. The van der Waals surface area contributed by atoms with E-state index in [9.17, 15) is 4.79 Å². The molecule has 0 unspecified atom stereocenters. The first-order valence-electron chi connectivity index (χ1n) is 8.58. The molecule has 3 heterocycles. The Kier molecular flexibility index (Phi) is 4.35. The smallest absolute Gasteiger partial charge is 0.257 e. The number of rotatable bonds is 4. The van der Waals surface area contributed by atoms with Gasteiger partial charge in [0.2, 0.25) is 5.88 Å². The minimum Gasteiger partial charge on any atom is -0.438 e. The molecule has 0 saturated carbocycles. The van der Waals surface area contributed by atoms with E-state index < -0.39 is 0 Å². The Bertz CT molecular complexity index is 923. The summed E-state index contributed by atoms with van der Waals surface area (Å²) in [6, 6.07) is 12.8. The van der Waals surface area contributed by atoms with Crippen molar-refractivity contribution in [2.45, 2.75) is 32.4 Å². The number of carbonyl (C=O) groups is 1. The van der Waals surface area contributed by atoms with Gasteiger partial charge in [-0.05, 0) is 37.6 Å². The summed E-state index contributed by atoms with van der Waals surface area (Å²) in [5.41, 5.74) is 0.419. The first kappa shape index (κ1) is 16.3. The SMILES string of the molecule is Cc1nnc2n1C[C@H](NC(=O)c1cccnc1Oc1ccccc1)CC2. The van der Waals surface area contributed by atoms with E-state index in [1.54, 1.807) is 18.3 Å². The first-order chi connectivity index (χ1) is 12.7. The van der Waals surface area contributed by atoms with Crippen molar-refractivity contribution in [3.05, 3.63) is 65.9 Å². The second-order valence-electron chi connectivity index (χ2n) is 6.25. The number of fused-ring (bicyclic) bond motifs is 1. The average Bonchev–Trinajstić information content (AvgIpc) is 3.03. The Morgan fingerprint density at radius 1 is 1.19 bits per heavy atom. The molecular weight excluding hydrogens is 330 g/mol. The maximum atomic E-state index is 12.8. The van der Waals surface area contributed by atoms with Gasteiger partial charge in [-0.25, -0.2) is 4.98 Å². The third-order valence-corrected chi connectivity index (χ3v) is 4.44. The molecule has 2 aromatic heterocycles. The van der Waals surface area contributed by atoms with Crippen molar-refractivity contribution < 1.29 is 9.53 Å². The predicted molar refractivity (Wildman–Crippen MR) is 95.1 cm³/mol. The van der Waals surface area contributed by atoms with E-state index in [1.165, 1.54) is 0 Å². The molecule has 7 nitrogen and oxygen atoms in total. The largest absolute Gasteiger partial charge is 0.438 e. The number of para-hydroxylation sites is 1.